The molecule has 1 aliphatic rings. The van der Waals surface area contributed by atoms with E-state index in [-0.39, 0.29) is 23.6 Å². The lowest BCUT2D eigenvalue weighted by Gasteiger charge is -2.24. The number of halogens is 1. The van der Waals surface area contributed by atoms with Crippen molar-refractivity contribution < 1.29 is 29.3 Å². The van der Waals surface area contributed by atoms with Crippen LogP contribution in [0.2, 0.25) is 5.02 Å². The molecular formula is C25H35ClO6. The molecule has 0 saturated heterocycles. The van der Waals surface area contributed by atoms with Crippen molar-refractivity contribution in [2.24, 2.45) is 11.8 Å². The maximum Gasteiger partial charge on any atom is 0.305 e. The lowest BCUT2D eigenvalue weighted by atomic mass is 9.87. The Morgan fingerprint density at radius 3 is 2.41 bits per heavy atom. The summed E-state index contributed by atoms with van der Waals surface area (Å²) in [5.74, 6) is -0.257. The van der Waals surface area contributed by atoms with Crippen LogP contribution in [0.15, 0.2) is 36.4 Å². The van der Waals surface area contributed by atoms with Gasteiger partial charge in [-0.1, -0.05) is 36.9 Å². The van der Waals surface area contributed by atoms with Gasteiger partial charge in [0.2, 0.25) is 0 Å². The maximum absolute atomic E-state index is 12.8. The molecule has 1 fully saturated rings. The van der Waals surface area contributed by atoms with Crippen LogP contribution >= 0.6 is 11.6 Å². The van der Waals surface area contributed by atoms with E-state index in [2.05, 4.69) is 4.74 Å². The van der Waals surface area contributed by atoms with E-state index in [1.165, 1.54) is 13.2 Å². The van der Waals surface area contributed by atoms with Crippen LogP contribution in [0.1, 0.15) is 58.8 Å². The summed E-state index contributed by atoms with van der Waals surface area (Å²) in [6.45, 7) is 3.39. The van der Waals surface area contributed by atoms with Gasteiger partial charge in [0.15, 0.2) is 11.4 Å². The van der Waals surface area contributed by atoms with Crippen LogP contribution in [0, 0.1) is 11.8 Å². The van der Waals surface area contributed by atoms with Crippen molar-refractivity contribution in [2.75, 3.05) is 7.11 Å². The Hall–Kier alpha value is -1.89. The molecule has 4 atom stereocenters. The van der Waals surface area contributed by atoms with E-state index in [4.69, 9.17) is 16.3 Å². The number of aliphatic hydroxyl groups excluding tert-OH is 2. The molecule has 0 unspecified atom stereocenters. The summed E-state index contributed by atoms with van der Waals surface area (Å²) in [6, 6.07) is 6.81. The highest BCUT2D eigenvalue weighted by atomic mass is 35.5. The number of ketones is 1. The van der Waals surface area contributed by atoms with Gasteiger partial charge in [0.25, 0.3) is 0 Å². The Kier molecular flexibility index (Phi) is 10.2. The number of rotatable bonds is 12. The topological polar surface area (TPSA) is 93.1 Å². The van der Waals surface area contributed by atoms with Crippen LogP contribution in [0.5, 0.6) is 5.75 Å². The smallest absolute Gasteiger partial charge is 0.305 e. The Bertz CT molecular complexity index is 773. The van der Waals surface area contributed by atoms with Crippen molar-refractivity contribution in [3.63, 3.8) is 0 Å². The summed E-state index contributed by atoms with van der Waals surface area (Å²) in [4.78, 5) is 23.9. The van der Waals surface area contributed by atoms with Crippen molar-refractivity contribution in [2.45, 2.75) is 76.6 Å². The van der Waals surface area contributed by atoms with E-state index in [9.17, 15) is 19.8 Å². The average Bonchev–Trinajstić information content (AvgIpc) is 3.02. The van der Waals surface area contributed by atoms with Crippen molar-refractivity contribution in [3.05, 3.63) is 41.4 Å². The molecule has 0 amide bonds. The average molecular weight is 467 g/mol. The third-order valence-electron chi connectivity index (χ3n) is 6.06. The van der Waals surface area contributed by atoms with Gasteiger partial charge in [-0.05, 0) is 62.9 Å². The molecule has 0 radical (unpaired) electrons. The Morgan fingerprint density at radius 2 is 1.75 bits per heavy atom. The fourth-order valence-corrected chi connectivity index (χ4v) is 4.25. The fourth-order valence-electron chi connectivity index (χ4n) is 4.13. The normalized spacial score (nSPS) is 23.4. The first-order valence-corrected chi connectivity index (χ1v) is 11.6. The number of ether oxygens (including phenoxy) is 2. The molecular weight excluding hydrogens is 432 g/mol. The van der Waals surface area contributed by atoms with Gasteiger partial charge < -0.3 is 19.7 Å². The first-order chi connectivity index (χ1) is 15.1. The summed E-state index contributed by atoms with van der Waals surface area (Å²) >= 11 is 5.89. The van der Waals surface area contributed by atoms with Crippen LogP contribution in [-0.2, 0) is 14.3 Å². The number of benzene rings is 1. The molecule has 2 rings (SSSR count). The van der Waals surface area contributed by atoms with Gasteiger partial charge in [-0.15, -0.1) is 0 Å². The second kappa shape index (κ2) is 12.4. The van der Waals surface area contributed by atoms with Crippen LogP contribution < -0.4 is 4.74 Å². The van der Waals surface area contributed by atoms with Gasteiger partial charge in [0, 0.05) is 23.8 Å². The fraction of sp³-hybridized carbons (Fsp3) is 0.600. The molecule has 0 bridgehead atoms. The van der Waals surface area contributed by atoms with Crippen LogP contribution in [0.25, 0.3) is 0 Å². The molecule has 32 heavy (non-hydrogen) atoms. The summed E-state index contributed by atoms with van der Waals surface area (Å²) in [5, 5.41) is 21.4. The lowest BCUT2D eigenvalue weighted by Crippen LogP contribution is -2.37. The van der Waals surface area contributed by atoms with Gasteiger partial charge in [-0.3, -0.25) is 9.59 Å². The number of hydrogen-bond acceptors (Lipinski definition) is 6. The number of carbonyl (C=O) groups is 2. The predicted octanol–water partition coefficient (Wildman–Crippen LogP) is 4.49. The van der Waals surface area contributed by atoms with E-state index in [1.807, 2.05) is 0 Å². The third-order valence-corrected chi connectivity index (χ3v) is 6.31. The van der Waals surface area contributed by atoms with Crippen molar-refractivity contribution >= 4 is 23.4 Å². The molecule has 0 aliphatic heterocycles. The van der Waals surface area contributed by atoms with Gasteiger partial charge >= 0.3 is 5.97 Å². The largest absolute Gasteiger partial charge is 0.480 e. The zero-order valence-electron chi connectivity index (χ0n) is 19.1. The summed E-state index contributed by atoms with van der Waals surface area (Å²) in [7, 11) is 1.39. The van der Waals surface area contributed by atoms with E-state index >= 15 is 0 Å². The first-order valence-electron chi connectivity index (χ1n) is 11.2. The van der Waals surface area contributed by atoms with E-state index < -0.39 is 17.8 Å². The molecule has 1 aromatic rings. The third kappa shape index (κ3) is 7.91. The molecule has 0 aromatic heterocycles. The second-order valence-electron chi connectivity index (χ2n) is 8.93. The molecule has 0 heterocycles. The number of methoxy groups -OCH3 is 1. The monoisotopic (exact) mass is 466 g/mol. The van der Waals surface area contributed by atoms with Gasteiger partial charge in [0.05, 0.1) is 19.3 Å². The van der Waals surface area contributed by atoms with Gasteiger partial charge in [0.1, 0.15) is 5.75 Å². The Morgan fingerprint density at radius 1 is 1.09 bits per heavy atom. The zero-order chi connectivity index (χ0) is 23.7. The highest BCUT2D eigenvalue weighted by molar-refractivity contribution is 6.30. The Balaban J connectivity index is 1.89. The van der Waals surface area contributed by atoms with E-state index in [1.54, 1.807) is 44.2 Å². The second-order valence-corrected chi connectivity index (χ2v) is 9.37. The standard InChI is InChI=1S/C25H35ClO6/c1-25(2,32-18-12-10-17(26)11-13-18)23(29)15-14-20-19(21(27)16-22(20)28)8-6-4-5-7-9-24(30)31-3/h10-15,19-22,27-28H,4-9,16H2,1-3H3/b15-14+/t19-,20-,21+,22-/m1/s1. The predicted molar refractivity (Wildman–Crippen MR) is 124 cm³/mol. The van der Waals surface area contributed by atoms with Crippen LogP contribution in [-0.4, -0.2) is 46.9 Å². The maximum atomic E-state index is 12.8. The van der Waals surface area contributed by atoms with E-state index in [0.29, 0.717) is 23.6 Å². The summed E-state index contributed by atoms with van der Waals surface area (Å²) < 4.78 is 10.5. The molecule has 2 N–H and O–H groups in total. The minimum atomic E-state index is -1.08. The molecule has 6 nitrogen and oxygen atoms in total. The first kappa shape index (κ1) is 26.4. The number of hydrogen-bond donors (Lipinski definition) is 2. The Labute approximate surface area is 195 Å². The number of aliphatic hydroxyl groups is 2. The highest BCUT2D eigenvalue weighted by Gasteiger charge is 2.40. The highest BCUT2D eigenvalue weighted by Crippen LogP contribution is 2.37. The molecule has 178 valence electrons. The minimum absolute atomic E-state index is 0.102. The zero-order valence-corrected chi connectivity index (χ0v) is 19.9. The molecule has 7 heteroatoms. The summed E-state index contributed by atoms with van der Waals surface area (Å²) in [6.07, 6.45) is 6.91. The molecule has 1 saturated carbocycles. The minimum Gasteiger partial charge on any atom is -0.480 e. The van der Waals surface area contributed by atoms with Crippen LogP contribution in [0.4, 0.5) is 0 Å². The van der Waals surface area contributed by atoms with Gasteiger partial charge in [-0.25, -0.2) is 0 Å². The number of unbranched alkanes of at least 4 members (excludes halogenated alkanes) is 3. The molecule has 1 aromatic carbocycles. The van der Waals surface area contributed by atoms with Gasteiger partial charge in [-0.2, -0.15) is 0 Å². The lowest BCUT2D eigenvalue weighted by molar-refractivity contribution is -0.140. The summed E-state index contributed by atoms with van der Waals surface area (Å²) in [5.41, 5.74) is -1.08. The number of carbonyl (C=O) groups excluding carboxylic acids is 2. The SMILES string of the molecule is COC(=O)CCCCCC[C@@H]1[C@@H](/C=C/C(=O)C(C)(C)Oc2ccc(Cl)cc2)[C@H](O)C[C@@H]1O. The van der Waals surface area contributed by atoms with Crippen molar-refractivity contribution in [1.29, 1.82) is 0 Å². The molecule has 1 aliphatic carbocycles. The van der Waals surface area contributed by atoms with Crippen molar-refractivity contribution in [3.8, 4) is 5.75 Å². The van der Waals surface area contributed by atoms with Crippen molar-refractivity contribution in [1.82, 2.24) is 0 Å². The van der Waals surface area contributed by atoms with E-state index in [0.717, 1.165) is 32.1 Å². The van der Waals surface area contributed by atoms with Crippen LogP contribution in [0.3, 0.4) is 0 Å². The number of esters is 1. The molecule has 0 spiro atoms. The quantitative estimate of drug-likeness (QED) is 0.268.